The highest BCUT2D eigenvalue weighted by molar-refractivity contribution is 7.85. The van der Waals surface area contributed by atoms with E-state index in [1.54, 1.807) is 0 Å². The van der Waals surface area contributed by atoms with Crippen molar-refractivity contribution in [1.29, 1.82) is 0 Å². The fourth-order valence-corrected chi connectivity index (χ4v) is 8.07. The summed E-state index contributed by atoms with van der Waals surface area (Å²) in [6.45, 7) is 17.1. The Kier molecular flexibility index (Phi) is 32.4. The maximum Gasteiger partial charge on any atom is 0.302 e. The fraction of sp³-hybridized carbons (Fsp3) is 0.952. The molecule has 52 heavy (non-hydrogen) atoms. The molecule has 0 rings (SSSR count). The number of ether oxygens (including phenoxy) is 2. The second-order valence-electron chi connectivity index (χ2n) is 15.6. The number of nitrogens with zero attached hydrogens (tertiary/aromatic N) is 2. The first-order valence-electron chi connectivity index (χ1n) is 21.8. The first kappa shape index (κ1) is 50.8. The van der Waals surface area contributed by atoms with Crippen LogP contribution in [0.2, 0.25) is 0 Å². The Bertz CT molecular complexity index is 912. The number of esters is 2. The SMILES string of the molecule is CCCCCCCCCCCCC(CN(CCC[N+](CC)(CC)CCCS(=O)(=O)O)CC(CCCCCCCCCCCC)OC(C)=O)OC(C)=O. The molecular formula is C42H85N2O7S+. The minimum absolute atomic E-state index is 0.215. The van der Waals surface area contributed by atoms with Crippen molar-refractivity contribution in [2.24, 2.45) is 0 Å². The molecule has 10 heteroatoms. The largest absolute Gasteiger partial charge is 0.461 e. The Morgan fingerprint density at radius 1 is 0.558 bits per heavy atom. The van der Waals surface area contributed by atoms with Crippen LogP contribution in [0, 0.1) is 0 Å². The van der Waals surface area contributed by atoms with E-state index >= 15 is 0 Å². The first-order chi connectivity index (χ1) is 24.9. The first-order valence-corrected chi connectivity index (χ1v) is 23.4. The summed E-state index contributed by atoms with van der Waals surface area (Å²) in [5.74, 6) is -0.735. The van der Waals surface area contributed by atoms with Crippen molar-refractivity contribution in [2.45, 2.75) is 208 Å². The fourth-order valence-electron chi connectivity index (χ4n) is 7.58. The van der Waals surface area contributed by atoms with E-state index in [1.165, 1.54) is 117 Å². The second kappa shape index (κ2) is 33.1. The van der Waals surface area contributed by atoms with Gasteiger partial charge in [-0.3, -0.25) is 19.0 Å². The summed E-state index contributed by atoms with van der Waals surface area (Å²) in [4.78, 5) is 26.8. The van der Waals surface area contributed by atoms with Crippen molar-refractivity contribution >= 4 is 22.1 Å². The Morgan fingerprint density at radius 2 is 0.904 bits per heavy atom. The molecule has 0 saturated heterocycles. The maximum absolute atomic E-state index is 12.2. The molecule has 0 aliphatic heterocycles. The summed E-state index contributed by atoms with van der Waals surface area (Å²) in [6, 6.07) is 0. The summed E-state index contributed by atoms with van der Waals surface area (Å²) in [6.07, 6.45) is 27.6. The summed E-state index contributed by atoms with van der Waals surface area (Å²) in [7, 11) is -3.98. The minimum Gasteiger partial charge on any atom is -0.461 e. The quantitative estimate of drug-likeness (QED) is 0.0287. The molecule has 310 valence electrons. The molecule has 2 unspecified atom stereocenters. The van der Waals surface area contributed by atoms with Gasteiger partial charge < -0.3 is 14.0 Å². The lowest BCUT2D eigenvalue weighted by atomic mass is 10.0. The van der Waals surface area contributed by atoms with Crippen molar-refractivity contribution in [3.63, 3.8) is 0 Å². The monoisotopic (exact) mass is 762 g/mol. The van der Waals surface area contributed by atoms with Crippen LogP contribution in [-0.2, 0) is 29.2 Å². The zero-order chi connectivity index (χ0) is 38.9. The molecule has 2 atom stereocenters. The van der Waals surface area contributed by atoms with E-state index in [0.717, 1.165) is 75.6 Å². The number of carbonyl (C=O) groups is 2. The molecular weight excluding hydrogens is 677 g/mol. The second-order valence-corrected chi connectivity index (χ2v) is 17.2. The van der Waals surface area contributed by atoms with E-state index in [1.807, 2.05) is 0 Å². The van der Waals surface area contributed by atoms with Crippen LogP contribution < -0.4 is 0 Å². The smallest absolute Gasteiger partial charge is 0.302 e. The predicted octanol–water partition coefficient (Wildman–Crippen LogP) is 10.3. The predicted molar refractivity (Wildman–Crippen MR) is 217 cm³/mol. The Morgan fingerprint density at radius 3 is 1.23 bits per heavy atom. The molecule has 1 N–H and O–H groups in total. The van der Waals surface area contributed by atoms with E-state index in [2.05, 4.69) is 32.6 Å². The summed E-state index contributed by atoms with van der Waals surface area (Å²) >= 11 is 0. The summed E-state index contributed by atoms with van der Waals surface area (Å²) < 4.78 is 44.7. The standard InChI is InChI=1S/C42H84N2O7S/c1-7-11-13-15-17-19-21-23-25-27-31-41(50-39(5)45)37-43(33-29-34-44(9-3,10-4)35-30-36-52(47,48)49)38-42(51-40(6)46)32-28-26-24-22-20-18-16-14-12-8-2/h41-42H,7-38H2,1-6H3/p+1. The normalized spacial score (nSPS) is 13.4. The number of carbonyl (C=O) groups excluding carboxylic acids is 2. The van der Waals surface area contributed by atoms with Gasteiger partial charge in [0, 0.05) is 46.3 Å². The van der Waals surface area contributed by atoms with Crippen molar-refractivity contribution < 1.29 is 36.5 Å². The van der Waals surface area contributed by atoms with Gasteiger partial charge >= 0.3 is 11.9 Å². The van der Waals surface area contributed by atoms with Crippen LogP contribution in [0.1, 0.15) is 196 Å². The summed E-state index contributed by atoms with van der Waals surface area (Å²) in [5.41, 5.74) is 0. The van der Waals surface area contributed by atoms with Gasteiger partial charge in [-0.1, -0.05) is 129 Å². The average Bonchev–Trinajstić information content (AvgIpc) is 3.08. The lowest BCUT2D eigenvalue weighted by Crippen LogP contribution is -2.50. The third kappa shape index (κ3) is 31.2. The van der Waals surface area contributed by atoms with Gasteiger partial charge in [0.05, 0.1) is 31.9 Å². The van der Waals surface area contributed by atoms with Crippen LogP contribution in [0.15, 0.2) is 0 Å². The van der Waals surface area contributed by atoms with Crippen LogP contribution in [-0.4, -0.2) is 98.1 Å². The molecule has 0 saturated carbocycles. The van der Waals surface area contributed by atoms with Crippen LogP contribution in [0.25, 0.3) is 0 Å². The Balaban J connectivity index is 5.44. The number of quaternary nitrogens is 1. The van der Waals surface area contributed by atoms with Crippen molar-refractivity contribution in [3.05, 3.63) is 0 Å². The topological polar surface area (TPSA) is 110 Å². The van der Waals surface area contributed by atoms with Gasteiger partial charge in [-0.15, -0.1) is 0 Å². The molecule has 0 fully saturated rings. The van der Waals surface area contributed by atoms with Crippen molar-refractivity contribution in [1.82, 2.24) is 4.90 Å². The third-order valence-corrected chi connectivity index (χ3v) is 11.6. The zero-order valence-electron chi connectivity index (χ0n) is 35.0. The van der Waals surface area contributed by atoms with Gasteiger partial charge in [-0.05, 0) is 39.5 Å². The average molecular weight is 762 g/mol. The lowest BCUT2D eigenvalue weighted by Gasteiger charge is -2.38. The molecule has 0 aliphatic carbocycles. The lowest BCUT2D eigenvalue weighted by molar-refractivity contribution is -0.925. The van der Waals surface area contributed by atoms with Crippen molar-refractivity contribution in [2.75, 3.05) is 51.6 Å². The van der Waals surface area contributed by atoms with E-state index in [0.29, 0.717) is 26.1 Å². The van der Waals surface area contributed by atoms with Crippen LogP contribution in [0.3, 0.4) is 0 Å². The van der Waals surface area contributed by atoms with Crippen LogP contribution in [0.5, 0.6) is 0 Å². The molecule has 9 nitrogen and oxygen atoms in total. The third-order valence-electron chi connectivity index (χ3n) is 10.8. The summed E-state index contributed by atoms with van der Waals surface area (Å²) in [5, 5.41) is 0. The minimum atomic E-state index is -3.98. The number of hydrogen-bond acceptors (Lipinski definition) is 7. The van der Waals surface area contributed by atoms with Crippen molar-refractivity contribution in [3.8, 4) is 0 Å². The highest BCUT2D eigenvalue weighted by Crippen LogP contribution is 2.18. The van der Waals surface area contributed by atoms with E-state index < -0.39 is 10.1 Å². The molecule has 0 radical (unpaired) electrons. The van der Waals surface area contributed by atoms with Gasteiger partial charge in [0.2, 0.25) is 0 Å². The molecule has 0 amide bonds. The molecule has 0 aromatic heterocycles. The van der Waals surface area contributed by atoms with Gasteiger partial charge in [0.25, 0.3) is 10.1 Å². The molecule has 0 bridgehead atoms. The van der Waals surface area contributed by atoms with Crippen LogP contribution >= 0.6 is 0 Å². The van der Waals surface area contributed by atoms with Gasteiger partial charge in [0.1, 0.15) is 12.2 Å². The van der Waals surface area contributed by atoms with Gasteiger partial charge in [0.15, 0.2) is 0 Å². The van der Waals surface area contributed by atoms with Crippen LogP contribution in [0.4, 0.5) is 0 Å². The zero-order valence-corrected chi connectivity index (χ0v) is 35.8. The maximum atomic E-state index is 12.2. The number of hydrogen-bond donors (Lipinski definition) is 1. The molecule has 0 heterocycles. The van der Waals surface area contributed by atoms with E-state index in [9.17, 15) is 22.6 Å². The highest BCUT2D eigenvalue weighted by atomic mass is 32.2. The highest BCUT2D eigenvalue weighted by Gasteiger charge is 2.26. The van der Waals surface area contributed by atoms with E-state index in [-0.39, 0.29) is 29.9 Å². The van der Waals surface area contributed by atoms with Gasteiger partial charge in [-0.25, -0.2) is 0 Å². The number of unbranched alkanes of at least 4 members (excludes halogenated alkanes) is 18. The Labute approximate surface area is 322 Å². The molecule has 0 aromatic carbocycles. The molecule has 0 spiro atoms. The molecule has 0 aliphatic rings. The molecule has 0 aromatic rings. The van der Waals surface area contributed by atoms with Gasteiger partial charge in [-0.2, -0.15) is 8.42 Å². The Hall–Kier alpha value is -1.23. The number of rotatable bonds is 38. The van der Waals surface area contributed by atoms with E-state index in [4.69, 9.17) is 9.47 Å².